The lowest BCUT2D eigenvalue weighted by molar-refractivity contribution is -0.126. The van der Waals surface area contributed by atoms with E-state index in [1.165, 1.54) is 0 Å². The van der Waals surface area contributed by atoms with Gasteiger partial charge in [0.15, 0.2) is 0 Å². The van der Waals surface area contributed by atoms with Crippen LogP contribution in [-0.2, 0) is 21.7 Å². The highest BCUT2D eigenvalue weighted by molar-refractivity contribution is 5.91. The standard InChI is InChI=1S/C21H27N3O2.ClH/c1-15(2)12-19(25)24-18-11-7-8-16(13-18)14-23-20(26)21(3,22)17-9-5-4-6-10-17;/h4-11,13,15H,12,14,22H2,1-3H3,(H,23,26)(H,24,25);1H. The molecular weight excluding hydrogens is 362 g/mol. The second-order valence-electron chi connectivity index (χ2n) is 7.10. The molecule has 6 heteroatoms. The van der Waals surface area contributed by atoms with Crippen LogP contribution in [0, 0.1) is 5.92 Å². The molecule has 0 aliphatic rings. The van der Waals surface area contributed by atoms with Gasteiger partial charge in [0.1, 0.15) is 5.54 Å². The summed E-state index contributed by atoms with van der Waals surface area (Å²) >= 11 is 0. The van der Waals surface area contributed by atoms with Crippen molar-refractivity contribution in [2.24, 2.45) is 11.7 Å². The molecule has 2 aromatic carbocycles. The molecule has 0 radical (unpaired) electrons. The Kier molecular flexibility index (Phi) is 8.47. The molecule has 0 saturated heterocycles. The van der Waals surface area contributed by atoms with Crippen LogP contribution in [0.15, 0.2) is 54.6 Å². The fourth-order valence-corrected chi connectivity index (χ4v) is 2.62. The first-order valence-electron chi connectivity index (χ1n) is 8.80. The van der Waals surface area contributed by atoms with Crippen molar-refractivity contribution in [3.05, 3.63) is 65.7 Å². The zero-order chi connectivity index (χ0) is 19.2. The third kappa shape index (κ3) is 6.70. The molecule has 0 bridgehead atoms. The van der Waals surface area contributed by atoms with Gasteiger partial charge >= 0.3 is 0 Å². The first-order valence-corrected chi connectivity index (χ1v) is 8.80. The van der Waals surface area contributed by atoms with Gasteiger partial charge in [-0.15, -0.1) is 12.4 Å². The van der Waals surface area contributed by atoms with Crippen LogP contribution in [-0.4, -0.2) is 11.8 Å². The summed E-state index contributed by atoms with van der Waals surface area (Å²) in [5, 5.41) is 5.75. The summed E-state index contributed by atoms with van der Waals surface area (Å²) < 4.78 is 0. The highest BCUT2D eigenvalue weighted by Crippen LogP contribution is 2.18. The van der Waals surface area contributed by atoms with Gasteiger partial charge in [0, 0.05) is 18.7 Å². The monoisotopic (exact) mass is 389 g/mol. The maximum atomic E-state index is 12.5. The lowest BCUT2D eigenvalue weighted by Gasteiger charge is -2.24. The minimum atomic E-state index is -1.11. The third-order valence-electron chi connectivity index (χ3n) is 4.10. The molecular formula is C21H28ClN3O2. The van der Waals surface area contributed by atoms with Crippen LogP contribution in [0.1, 0.15) is 38.3 Å². The first kappa shape index (κ1) is 22.7. The maximum Gasteiger partial charge on any atom is 0.244 e. The van der Waals surface area contributed by atoms with Gasteiger partial charge in [-0.1, -0.05) is 56.3 Å². The van der Waals surface area contributed by atoms with Crippen molar-refractivity contribution in [3.8, 4) is 0 Å². The normalized spacial score (nSPS) is 12.6. The molecule has 0 aliphatic carbocycles. The largest absolute Gasteiger partial charge is 0.350 e. The smallest absolute Gasteiger partial charge is 0.244 e. The summed E-state index contributed by atoms with van der Waals surface area (Å²) in [4.78, 5) is 24.4. The van der Waals surface area contributed by atoms with Gasteiger partial charge in [-0.05, 0) is 36.1 Å². The molecule has 0 saturated carbocycles. The number of benzene rings is 2. The summed E-state index contributed by atoms with van der Waals surface area (Å²) in [6.45, 7) is 6.04. The minimum Gasteiger partial charge on any atom is -0.350 e. The maximum absolute atomic E-state index is 12.5. The molecule has 2 rings (SSSR count). The number of carbonyl (C=O) groups excluding carboxylic acids is 2. The van der Waals surface area contributed by atoms with Crippen molar-refractivity contribution < 1.29 is 9.59 Å². The fraction of sp³-hybridized carbons (Fsp3) is 0.333. The second-order valence-corrected chi connectivity index (χ2v) is 7.10. The number of nitrogens with two attached hydrogens (primary N) is 1. The molecule has 2 aromatic rings. The van der Waals surface area contributed by atoms with Crippen LogP contribution < -0.4 is 16.4 Å². The summed E-state index contributed by atoms with van der Waals surface area (Å²) in [5.41, 5.74) is 7.48. The zero-order valence-corrected chi connectivity index (χ0v) is 16.8. The molecule has 0 aliphatic heterocycles. The number of nitrogens with one attached hydrogen (secondary N) is 2. The highest BCUT2D eigenvalue weighted by Gasteiger charge is 2.29. The van der Waals surface area contributed by atoms with E-state index in [2.05, 4.69) is 10.6 Å². The van der Waals surface area contributed by atoms with Crippen LogP contribution in [0.5, 0.6) is 0 Å². The van der Waals surface area contributed by atoms with E-state index in [0.717, 1.165) is 16.8 Å². The molecule has 5 nitrogen and oxygen atoms in total. The van der Waals surface area contributed by atoms with Crippen molar-refractivity contribution in [1.82, 2.24) is 5.32 Å². The van der Waals surface area contributed by atoms with Crippen molar-refractivity contribution in [2.75, 3.05) is 5.32 Å². The average molecular weight is 390 g/mol. The quantitative estimate of drug-likeness (QED) is 0.676. The average Bonchev–Trinajstić information content (AvgIpc) is 2.60. The van der Waals surface area contributed by atoms with E-state index < -0.39 is 5.54 Å². The number of halogens is 1. The van der Waals surface area contributed by atoms with Crippen LogP contribution >= 0.6 is 12.4 Å². The molecule has 0 spiro atoms. The van der Waals surface area contributed by atoms with E-state index in [-0.39, 0.29) is 24.2 Å². The number of amides is 2. The van der Waals surface area contributed by atoms with Crippen molar-refractivity contribution >= 4 is 29.9 Å². The van der Waals surface area contributed by atoms with Gasteiger partial charge in [0.2, 0.25) is 11.8 Å². The molecule has 1 unspecified atom stereocenters. The van der Waals surface area contributed by atoms with E-state index in [9.17, 15) is 9.59 Å². The topological polar surface area (TPSA) is 84.2 Å². The molecule has 1 atom stereocenters. The molecule has 0 heterocycles. The van der Waals surface area contributed by atoms with Crippen LogP contribution in [0.4, 0.5) is 5.69 Å². The second kappa shape index (κ2) is 10.1. The predicted octanol–water partition coefficient (Wildman–Crippen LogP) is 3.58. The number of rotatable bonds is 7. The van der Waals surface area contributed by atoms with Gasteiger partial charge < -0.3 is 16.4 Å². The van der Waals surface area contributed by atoms with E-state index in [0.29, 0.717) is 18.9 Å². The fourth-order valence-electron chi connectivity index (χ4n) is 2.62. The lowest BCUT2D eigenvalue weighted by Crippen LogP contribution is -2.48. The minimum absolute atomic E-state index is 0. The van der Waals surface area contributed by atoms with Gasteiger partial charge in [0.05, 0.1) is 0 Å². The van der Waals surface area contributed by atoms with Crippen LogP contribution in [0.2, 0.25) is 0 Å². The Morgan fingerprint density at radius 2 is 1.74 bits per heavy atom. The van der Waals surface area contributed by atoms with Crippen LogP contribution in [0.25, 0.3) is 0 Å². The van der Waals surface area contributed by atoms with Crippen molar-refractivity contribution in [3.63, 3.8) is 0 Å². The Morgan fingerprint density at radius 3 is 2.37 bits per heavy atom. The van der Waals surface area contributed by atoms with E-state index in [4.69, 9.17) is 5.73 Å². The Balaban J connectivity index is 0.00000364. The molecule has 4 N–H and O–H groups in total. The number of carbonyl (C=O) groups is 2. The van der Waals surface area contributed by atoms with E-state index in [1.54, 1.807) is 6.92 Å². The van der Waals surface area contributed by atoms with Gasteiger partial charge in [-0.25, -0.2) is 0 Å². The SMILES string of the molecule is CC(C)CC(=O)Nc1cccc(CNC(=O)C(C)(N)c2ccccc2)c1.Cl. The number of anilines is 1. The molecule has 27 heavy (non-hydrogen) atoms. The summed E-state index contributed by atoms with van der Waals surface area (Å²) in [6.07, 6.45) is 0.476. The van der Waals surface area contributed by atoms with E-state index in [1.807, 2.05) is 68.4 Å². The Hall–Kier alpha value is -2.37. The lowest BCUT2D eigenvalue weighted by atomic mass is 9.92. The van der Waals surface area contributed by atoms with Crippen molar-refractivity contribution in [2.45, 2.75) is 39.3 Å². The molecule has 0 aromatic heterocycles. The highest BCUT2D eigenvalue weighted by atomic mass is 35.5. The van der Waals surface area contributed by atoms with Crippen LogP contribution in [0.3, 0.4) is 0 Å². The number of hydrogen-bond donors (Lipinski definition) is 3. The Morgan fingerprint density at radius 1 is 1.07 bits per heavy atom. The Bertz CT molecular complexity index is 761. The molecule has 2 amide bonds. The van der Waals surface area contributed by atoms with Gasteiger partial charge in [-0.3, -0.25) is 9.59 Å². The van der Waals surface area contributed by atoms with E-state index >= 15 is 0 Å². The summed E-state index contributed by atoms with van der Waals surface area (Å²) in [7, 11) is 0. The predicted molar refractivity (Wildman–Crippen MR) is 112 cm³/mol. The van der Waals surface area contributed by atoms with Gasteiger partial charge in [-0.2, -0.15) is 0 Å². The molecule has 0 fully saturated rings. The Labute approximate surface area is 167 Å². The zero-order valence-electron chi connectivity index (χ0n) is 16.0. The molecule has 146 valence electrons. The third-order valence-corrected chi connectivity index (χ3v) is 4.10. The van der Waals surface area contributed by atoms with Gasteiger partial charge in [0.25, 0.3) is 0 Å². The summed E-state index contributed by atoms with van der Waals surface area (Å²) in [5.74, 6) is 0.0374. The first-order chi connectivity index (χ1) is 12.3. The number of hydrogen-bond acceptors (Lipinski definition) is 3. The van der Waals surface area contributed by atoms with Crippen molar-refractivity contribution in [1.29, 1.82) is 0 Å². The summed E-state index contributed by atoms with van der Waals surface area (Å²) in [6, 6.07) is 16.7.